The Morgan fingerprint density at radius 3 is 2.31 bits per heavy atom. The van der Waals surface area contributed by atoms with Crippen LogP contribution in [0, 0.1) is 4.91 Å². The third-order valence-electron chi connectivity index (χ3n) is 2.98. The normalized spacial score (nSPS) is 12.0. The van der Waals surface area contributed by atoms with E-state index >= 15 is 0 Å². The average molecular weight is 382 g/mol. The van der Waals surface area contributed by atoms with Crippen LogP contribution in [-0.2, 0) is 12.4 Å². The van der Waals surface area contributed by atoms with Crippen LogP contribution in [0.4, 0.5) is 36.8 Å². The zero-order valence-corrected chi connectivity index (χ0v) is 12.6. The van der Waals surface area contributed by atoms with Gasteiger partial charge in [-0.05, 0) is 23.4 Å². The Balaban J connectivity index is 2.44. The molecule has 0 atom stereocenters. The first-order valence-corrected chi connectivity index (χ1v) is 6.59. The number of amides is 1. The summed E-state index contributed by atoms with van der Waals surface area (Å²) in [5.41, 5.74) is -3.49. The maximum absolute atomic E-state index is 12.9. The minimum Gasteiger partial charge on any atom is -0.435 e. The van der Waals surface area contributed by atoms with E-state index in [1.165, 1.54) is 0 Å². The van der Waals surface area contributed by atoms with Crippen LogP contribution in [0.25, 0.3) is 0 Å². The Hall–Kier alpha value is -3.12. The van der Waals surface area contributed by atoms with E-state index in [0.717, 1.165) is 7.05 Å². The Labute approximate surface area is 140 Å². The highest BCUT2D eigenvalue weighted by Gasteiger charge is 2.38. The number of aromatic nitrogens is 2. The van der Waals surface area contributed by atoms with E-state index < -0.39 is 47.0 Å². The summed E-state index contributed by atoms with van der Waals surface area (Å²) in [6.45, 7) is 0. The highest BCUT2D eigenvalue weighted by Crippen LogP contribution is 2.39. The van der Waals surface area contributed by atoms with E-state index in [0.29, 0.717) is 24.3 Å². The highest BCUT2D eigenvalue weighted by molar-refractivity contribution is 5.76. The molecule has 1 N–H and O–H groups in total. The van der Waals surface area contributed by atoms with Crippen molar-refractivity contribution in [3.05, 3.63) is 40.4 Å². The van der Waals surface area contributed by atoms with Gasteiger partial charge in [0.1, 0.15) is 0 Å². The van der Waals surface area contributed by atoms with E-state index in [1.807, 2.05) is 5.32 Å². The monoisotopic (exact) mass is 382 g/mol. The summed E-state index contributed by atoms with van der Waals surface area (Å²) < 4.78 is 81.5. The van der Waals surface area contributed by atoms with Crippen molar-refractivity contribution in [2.24, 2.45) is 5.18 Å². The fourth-order valence-corrected chi connectivity index (χ4v) is 1.84. The number of benzene rings is 1. The summed E-state index contributed by atoms with van der Waals surface area (Å²) in [6.07, 6.45) is -9.73. The van der Waals surface area contributed by atoms with Crippen LogP contribution >= 0.6 is 0 Å². The van der Waals surface area contributed by atoms with E-state index in [-0.39, 0.29) is 4.68 Å². The predicted octanol–water partition coefficient (Wildman–Crippen LogP) is 4.30. The molecule has 0 saturated heterocycles. The first kappa shape index (κ1) is 19.2. The summed E-state index contributed by atoms with van der Waals surface area (Å²) in [5.74, 6) is -1.34. The lowest BCUT2D eigenvalue weighted by atomic mass is 10.2. The molecular weight excluding hydrogens is 374 g/mol. The molecule has 1 amide bonds. The van der Waals surface area contributed by atoms with Gasteiger partial charge >= 0.3 is 18.4 Å². The number of ether oxygens (including phenoxy) is 1. The number of nitrogens with zero attached hydrogens (tertiary/aromatic N) is 3. The zero-order chi connectivity index (χ0) is 19.7. The number of carbonyl (C=O) groups is 1. The zero-order valence-electron chi connectivity index (χ0n) is 12.6. The number of hydrogen-bond donors (Lipinski definition) is 1. The molecule has 0 unspecified atom stereocenters. The van der Waals surface area contributed by atoms with Gasteiger partial charge in [0.2, 0.25) is 5.88 Å². The van der Waals surface area contributed by atoms with E-state index in [1.54, 1.807) is 0 Å². The standard InChI is InChI=1S/C13H8F6N4O3/c1-20-11(24)23-9(13(17,18)19)5-10(21-23)26-8-3-2-6(12(14,15)16)4-7(8)22-25/h2-5H,1H3,(H,20,24). The molecule has 1 heterocycles. The molecule has 0 spiro atoms. The van der Waals surface area contributed by atoms with Crippen molar-refractivity contribution in [2.45, 2.75) is 12.4 Å². The smallest absolute Gasteiger partial charge is 0.433 e. The largest absolute Gasteiger partial charge is 0.435 e. The minimum absolute atomic E-state index is 0.0343. The number of nitroso groups, excluding NO2 is 1. The van der Waals surface area contributed by atoms with Gasteiger partial charge in [-0.3, -0.25) is 0 Å². The molecule has 26 heavy (non-hydrogen) atoms. The number of halogens is 6. The summed E-state index contributed by atoms with van der Waals surface area (Å²) in [4.78, 5) is 22.2. The lowest BCUT2D eigenvalue weighted by Gasteiger charge is -2.09. The van der Waals surface area contributed by atoms with Crippen molar-refractivity contribution in [2.75, 3.05) is 7.05 Å². The Morgan fingerprint density at radius 2 is 1.81 bits per heavy atom. The quantitative estimate of drug-likeness (QED) is 0.634. The summed E-state index contributed by atoms with van der Waals surface area (Å²) >= 11 is 0. The topological polar surface area (TPSA) is 85.6 Å². The van der Waals surface area contributed by atoms with Gasteiger partial charge in [0, 0.05) is 13.1 Å². The molecule has 13 heteroatoms. The van der Waals surface area contributed by atoms with Gasteiger partial charge in [-0.1, -0.05) is 0 Å². The lowest BCUT2D eigenvalue weighted by molar-refractivity contribution is -0.143. The molecule has 0 aliphatic heterocycles. The molecule has 2 aromatic rings. The molecule has 1 aromatic heterocycles. The molecular formula is C13H8F6N4O3. The fourth-order valence-electron chi connectivity index (χ4n) is 1.84. The summed E-state index contributed by atoms with van der Waals surface area (Å²) in [6, 6.07) is 0.730. The maximum Gasteiger partial charge on any atom is 0.433 e. The average Bonchev–Trinajstić information content (AvgIpc) is 2.97. The number of hydrogen-bond acceptors (Lipinski definition) is 5. The van der Waals surface area contributed by atoms with Crippen LogP contribution in [0.3, 0.4) is 0 Å². The molecule has 0 radical (unpaired) electrons. The van der Waals surface area contributed by atoms with Gasteiger partial charge in [-0.15, -0.1) is 10.0 Å². The van der Waals surface area contributed by atoms with Crippen molar-refractivity contribution in [3.63, 3.8) is 0 Å². The van der Waals surface area contributed by atoms with E-state index in [9.17, 15) is 36.0 Å². The van der Waals surface area contributed by atoms with Gasteiger partial charge in [-0.2, -0.15) is 31.0 Å². The van der Waals surface area contributed by atoms with Gasteiger partial charge in [-0.25, -0.2) is 4.79 Å². The number of nitrogens with one attached hydrogen (secondary N) is 1. The summed E-state index contributed by atoms with van der Waals surface area (Å²) in [5, 5.41) is 7.57. The van der Waals surface area contributed by atoms with Gasteiger partial charge in [0.25, 0.3) is 0 Å². The second-order valence-corrected chi connectivity index (χ2v) is 4.71. The van der Waals surface area contributed by atoms with Crippen LogP contribution in [0.2, 0.25) is 0 Å². The number of rotatable bonds is 3. The Kier molecular flexibility index (Phi) is 4.91. The van der Waals surface area contributed by atoms with Crippen LogP contribution in [0.15, 0.2) is 29.4 Å². The third kappa shape index (κ3) is 3.92. The molecule has 0 aliphatic carbocycles. The molecule has 1 aromatic carbocycles. The molecule has 0 fully saturated rings. The highest BCUT2D eigenvalue weighted by atomic mass is 19.4. The van der Waals surface area contributed by atoms with Crippen molar-refractivity contribution in [1.29, 1.82) is 0 Å². The van der Waals surface area contributed by atoms with Crippen LogP contribution < -0.4 is 10.1 Å². The van der Waals surface area contributed by atoms with Gasteiger partial charge < -0.3 is 10.1 Å². The van der Waals surface area contributed by atoms with Crippen LogP contribution in [0.5, 0.6) is 11.6 Å². The second kappa shape index (κ2) is 6.65. The van der Waals surface area contributed by atoms with Crippen LogP contribution in [-0.4, -0.2) is 22.9 Å². The molecule has 0 saturated carbocycles. The van der Waals surface area contributed by atoms with E-state index in [4.69, 9.17) is 4.74 Å². The Morgan fingerprint density at radius 1 is 1.15 bits per heavy atom. The first-order chi connectivity index (χ1) is 12.0. The van der Waals surface area contributed by atoms with Crippen LogP contribution in [0.1, 0.15) is 11.3 Å². The maximum atomic E-state index is 12.9. The van der Waals surface area contributed by atoms with Crippen molar-refractivity contribution in [3.8, 4) is 11.6 Å². The molecule has 7 nitrogen and oxygen atoms in total. The number of alkyl halides is 6. The minimum atomic E-state index is -4.97. The van der Waals surface area contributed by atoms with Gasteiger partial charge in [0.05, 0.1) is 5.56 Å². The first-order valence-electron chi connectivity index (χ1n) is 6.59. The SMILES string of the molecule is CNC(=O)n1nc(Oc2ccc(C(F)(F)F)cc2N=O)cc1C(F)(F)F. The predicted molar refractivity (Wildman–Crippen MR) is 74.1 cm³/mol. The van der Waals surface area contributed by atoms with Crippen molar-refractivity contribution < 1.29 is 35.9 Å². The molecule has 2 rings (SSSR count). The third-order valence-corrected chi connectivity index (χ3v) is 2.98. The molecule has 0 aliphatic rings. The number of carbonyl (C=O) groups excluding carboxylic acids is 1. The second-order valence-electron chi connectivity index (χ2n) is 4.71. The van der Waals surface area contributed by atoms with E-state index in [2.05, 4.69) is 10.3 Å². The fraction of sp³-hybridized carbons (Fsp3) is 0.231. The molecule has 0 bridgehead atoms. The van der Waals surface area contributed by atoms with Gasteiger partial charge in [0.15, 0.2) is 17.1 Å². The molecule has 140 valence electrons. The lowest BCUT2D eigenvalue weighted by Crippen LogP contribution is -2.29. The summed E-state index contributed by atoms with van der Waals surface area (Å²) in [7, 11) is 1.06. The Bertz CT molecular complexity index is 843. The van der Waals surface area contributed by atoms with Crippen molar-refractivity contribution in [1.82, 2.24) is 15.1 Å². The van der Waals surface area contributed by atoms with Crippen molar-refractivity contribution >= 4 is 11.7 Å².